The third-order valence-corrected chi connectivity index (χ3v) is 6.59. The molecule has 0 radical (unpaired) electrons. The maximum absolute atomic E-state index is 14.5. The highest BCUT2D eigenvalue weighted by Gasteiger charge is 2.22. The zero-order valence-electron chi connectivity index (χ0n) is 24.5. The second-order valence-corrected chi connectivity index (χ2v) is 11.0. The van der Waals surface area contributed by atoms with Gasteiger partial charge in [0, 0.05) is 57.6 Å². The number of nitrogens with zero attached hydrogens (tertiary/aromatic N) is 4. The monoisotopic (exact) mass is 566 g/mol. The van der Waals surface area contributed by atoms with E-state index in [0.29, 0.717) is 40.7 Å². The lowest BCUT2D eigenvalue weighted by molar-refractivity contribution is -0.123. The molecule has 0 saturated carbocycles. The molecule has 3 rings (SSSR count). The number of allylic oxidation sites excluding steroid dienone is 1. The van der Waals surface area contributed by atoms with E-state index in [1.165, 1.54) is 26.6 Å². The number of ketones is 1. The summed E-state index contributed by atoms with van der Waals surface area (Å²) < 4.78 is 16.0. The van der Waals surface area contributed by atoms with Crippen LogP contribution >= 0.6 is 0 Å². The van der Waals surface area contributed by atoms with E-state index >= 15 is 0 Å². The molecule has 11 heteroatoms. The predicted octanol–water partition coefficient (Wildman–Crippen LogP) is 3.29. The van der Waals surface area contributed by atoms with Gasteiger partial charge in [-0.2, -0.15) is 0 Å². The zero-order valence-corrected chi connectivity index (χ0v) is 24.5. The number of H-pyrrole nitrogens is 1. The van der Waals surface area contributed by atoms with Gasteiger partial charge in [0.1, 0.15) is 5.82 Å². The summed E-state index contributed by atoms with van der Waals surface area (Å²) in [5.74, 6) is -0.609. The Kier molecular flexibility index (Phi) is 10.6. The molecule has 10 nitrogen and oxygen atoms in total. The number of hydrogen-bond acceptors (Lipinski definition) is 5. The van der Waals surface area contributed by atoms with Crippen LogP contribution in [0.15, 0.2) is 47.5 Å². The van der Waals surface area contributed by atoms with Crippen molar-refractivity contribution in [1.29, 1.82) is 0 Å². The molecule has 3 amide bonds. The molecule has 220 valence electrons. The SMILES string of the molecule is CC(C)Cc1c(F)cnc2cc(Cn3cccc(CC(=O)[C@H](CC/C=C/C(=O)N(C)C)NC(=O)N(C)C)c3=O)[nH]c12. The van der Waals surface area contributed by atoms with E-state index < -0.39 is 12.1 Å². The number of pyridine rings is 2. The van der Waals surface area contributed by atoms with Gasteiger partial charge in [-0.05, 0) is 43.4 Å². The van der Waals surface area contributed by atoms with Crippen molar-refractivity contribution in [2.45, 2.75) is 52.1 Å². The van der Waals surface area contributed by atoms with Crippen molar-refractivity contribution in [3.63, 3.8) is 0 Å². The number of Topliss-reactive ketones (excluding diaryl/α,β-unsaturated/α-hetero) is 1. The number of nitrogens with one attached hydrogen (secondary N) is 2. The molecule has 0 spiro atoms. The lowest BCUT2D eigenvalue weighted by Gasteiger charge is -2.20. The highest BCUT2D eigenvalue weighted by Crippen LogP contribution is 2.23. The van der Waals surface area contributed by atoms with E-state index in [1.54, 1.807) is 58.7 Å². The summed E-state index contributed by atoms with van der Waals surface area (Å²) in [5.41, 5.74) is 2.44. The lowest BCUT2D eigenvalue weighted by Crippen LogP contribution is -2.46. The number of rotatable bonds is 12. The zero-order chi connectivity index (χ0) is 30.3. The summed E-state index contributed by atoms with van der Waals surface area (Å²) in [6.07, 6.45) is 6.97. The van der Waals surface area contributed by atoms with E-state index in [4.69, 9.17) is 0 Å². The second-order valence-electron chi connectivity index (χ2n) is 11.0. The molecule has 41 heavy (non-hydrogen) atoms. The lowest BCUT2D eigenvalue weighted by atomic mass is 10.0. The predicted molar refractivity (Wildman–Crippen MR) is 156 cm³/mol. The highest BCUT2D eigenvalue weighted by atomic mass is 19.1. The smallest absolute Gasteiger partial charge is 0.317 e. The number of urea groups is 1. The van der Waals surface area contributed by atoms with Crippen LogP contribution < -0.4 is 10.9 Å². The fourth-order valence-electron chi connectivity index (χ4n) is 4.37. The van der Waals surface area contributed by atoms with Crippen molar-refractivity contribution in [2.24, 2.45) is 5.92 Å². The van der Waals surface area contributed by atoms with Crippen LogP contribution in [0.1, 0.15) is 43.5 Å². The Hall–Kier alpha value is -4.28. The Balaban J connectivity index is 1.79. The number of aromatic amines is 1. The molecule has 0 saturated heterocycles. The Bertz CT molecular complexity index is 1490. The summed E-state index contributed by atoms with van der Waals surface area (Å²) in [6, 6.07) is 3.82. The molecular formula is C30H39FN6O4. The number of hydrogen-bond donors (Lipinski definition) is 2. The van der Waals surface area contributed by atoms with Gasteiger partial charge in [-0.3, -0.25) is 19.4 Å². The number of likely N-dealkylation sites (N-methyl/N-ethyl adjacent to an activating group) is 1. The minimum Gasteiger partial charge on any atom is -0.355 e. The first-order chi connectivity index (χ1) is 19.4. The second kappa shape index (κ2) is 13.9. The van der Waals surface area contributed by atoms with Crippen molar-refractivity contribution in [1.82, 2.24) is 29.7 Å². The molecule has 0 bridgehead atoms. The van der Waals surface area contributed by atoms with Crippen LogP contribution in [0.3, 0.4) is 0 Å². The van der Waals surface area contributed by atoms with Gasteiger partial charge in [-0.1, -0.05) is 26.0 Å². The third kappa shape index (κ3) is 8.36. The van der Waals surface area contributed by atoms with Gasteiger partial charge in [0.25, 0.3) is 5.56 Å². The standard InChI is InChI=1S/C30H39FN6O4/c1-19(2)14-22-23(31)17-32-25-16-21(33-28(22)25)18-37-13-9-10-20(29(37)40)15-26(38)24(34-30(41)36(5)6)11-7-8-12-27(39)35(3)4/h8-10,12-13,16-17,19,24,33H,7,11,14-15,18H2,1-6H3,(H,34,41)/b12-8+/t24-/m0/s1. The number of halogens is 1. The van der Waals surface area contributed by atoms with Crippen LogP contribution in [0.5, 0.6) is 0 Å². The number of carbonyl (C=O) groups is 3. The van der Waals surface area contributed by atoms with Crippen LogP contribution in [-0.2, 0) is 29.0 Å². The Morgan fingerprint density at radius 1 is 1.17 bits per heavy atom. The fourth-order valence-corrected chi connectivity index (χ4v) is 4.37. The number of fused-ring (bicyclic) bond motifs is 1. The topological polar surface area (TPSA) is 120 Å². The molecule has 0 aliphatic heterocycles. The first-order valence-electron chi connectivity index (χ1n) is 13.6. The third-order valence-electron chi connectivity index (χ3n) is 6.59. The van der Waals surface area contributed by atoms with Crippen LogP contribution in [0, 0.1) is 11.7 Å². The van der Waals surface area contributed by atoms with Gasteiger partial charge < -0.3 is 24.7 Å². The summed E-state index contributed by atoms with van der Waals surface area (Å²) in [7, 11) is 6.42. The van der Waals surface area contributed by atoms with Crippen LogP contribution in [0.25, 0.3) is 11.0 Å². The van der Waals surface area contributed by atoms with Crippen molar-refractivity contribution < 1.29 is 18.8 Å². The van der Waals surface area contributed by atoms with Crippen molar-refractivity contribution in [2.75, 3.05) is 28.2 Å². The molecule has 0 aromatic carbocycles. The molecule has 0 aliphatic rings. The van der Waals surface area contributed by atoms with Gasteiger partial charge in [-0.15, -0.1) is 0 Å². The summed E-state index contributed by atoms with van der Waals surface area (Å²) >= 11 is 0. The number of amides is 3. The van der Waals surface area contributed by atoms with Gasteiger partial charge in [0.05, 0.1) is 29.8 Å². The van der Waals surface area contributed by atoms with Crippen LogP contribution in [0.4, 0.5) is 9.18 Å². The molecule has 0 fully saturated rings. The quantitative estimate of drug-likeness (QED) is 0.326. The van der Waals surface area contributed by atoms with E-state index in [0.717, 1.165) is 0 Å². The maximum atomic E-state index is 14.5. The number of carbonyl (C=O) groups excluding carboxylic acids is 3. The minimum absolute atomic E-state index is 0.170. The van der Waals surface area contributed by atoms with E-state index in [9.17, 15) is 23.6 Å². The normalized spacial score (nSPS) is 12.2. The number of aromatic nitrogens is 3. The molecular weight excluding hydrogens is 527 g/mol. The van der Waals surface area contributed by atoms with Crippen LogP contribution in [-0.4, -0.2) is 76.3 Å². The van der Waals surface area contributed by atoms with E-state index in [-0.39, 0.29) is 48.4 Å². The molecule has 0 unspecified atom stereocenters. The molecule has 3 aromatic heterocycles. The largest absolute Gasteiger partial charge is 0.355 e. The van der Waals surface area contributed by atoms with Gasteiger partial charge in [-0.25, -0.2) is 9.18 Å². The first kappa shape index (κ1) is 31.3. The first-order valence-corrected chi connectivity index (χ1v) is 13.6. The summed E-state index contributed by atoms with van der Waals surface area (Å²) in [5, 5.41) is 2.72. The average molecular weight is 567 g/mol. The Morgan fingerprint density at radius 2 is 1.90 bits per heavy atom. The Morgan fingerprint density at radius 3 is 2.56 bits per heavy atom. The molecule has 2 N–H and O–H groups in total. The summed E-state index contributed by atoms with van der Waals surface area (Å²) in [6.45, 7) is 4.22. The maximum Gasteiger partial charge on any atom is 0.317 e. The van der Waals surface area contributed by atoms with Gasteiger partial charge in [0.15, 0.2) is 5.78 Å². The van der Waals surface area contributed by atoms with Crippen LogP contribution in [0.2, 0.25) is 0 Å². The van der Waals surface area contributed by atoms with Gasteiger partial charge >= 0.3 is 6.03 Å². The van der Waals surface area contributed by atoms with Gasteiger partial charge in [0.2, 0.25) is 5.91 Å². The fraction of sp³-hybridized carbons (Fsp3) is 0.433. The molecule has 0 aliphatic carbocycles. The van der Waals surface area contributed by atoms with Crippen molar-refractivity contribution in [3.05, 3.63) is 75.7 Å². The average Bonchev–Trinajstić information content (AvgIpc) is 3.32. The van der Waals surface area contributed by atoms with Crippen molar-refractivity contribution in [3.8, 4) is 0 Å². The van der Waals surface area contributed by atoms with E-state index in [2.05, 4.69) is 15.3 Å². The van der Waals surface area contributed by atoms with E-state index in [1.807, 2.05) is 13.8 Å². The molecule has 3 aromatic rings. The molecule has 1 atom stereocenters. The van der Waals surface area contributed by atoms with Crippen molar-refractivity contribution >= 4 is 28.8 Å². The highest BCUT2D eigenvalue weighted by molar-refractivity contribution is 5.90. The minimum atomic E-state index is -0.842. The Labute approximate surface area is 239 Å². The summed E-state index contributed by atoms with van der Waals surface area (Å²) in [4.78, 5) is 60.9. The molecule has 3 heterocycles.